The van der Waals surface area contributed by atoms with Gasteiger partial charge in [0.25, 0.3) is 0 Å². The minimum atomic E-state index is 0.126. The number of aromatic nitrogens is 2. The Labute approximate surface area is 144 Å². The molecule has 1 amide bonds. The van der Waals surface area contributed by atoms with Crippen molar-refractivity contribution in [3.63, 3.8) is 0 Å². The van der Waals surface area contributed by atoms with Gasteiger partial charge in [-0.3, -0.25) is 9.69 Å². The number of rotatable bonds is 6. The maximum absolute atomic E-state index is 12.5. The smallest absolute Gasteiger partial charge is 0.225 e. The summed E-state index contributed by atoms with van der Waals surface area (Å²) in [6, 6.07) is 2.32. The van der Waals surface area contributed by atoms with Crippen LogP contribution in [0.5, 0.6) is 0 Å². The summed E-state index contributed by atoms with van der Waals surface area (Å²) in [6.45, 7) is 7.08. The second-order valence-corrected chi connectivity index (χ2v) is 6.86. The molecule has 2 aliphatic heterocycles. The summed E-state index contributed by atoms with van der Waals surface area (Å²) in [4.78, 5) is 25.8. The van der Waals surface area contributed by atoms with Crippen molar-refractivity contribution in [3.8, 4) is 0 Å². The van der Waals surface area contributed by atoms with Crippen LogP contribution in [-0.4, -0.2) is 59.5 Å². The number of hydrogen-bond donors (Lipinski definition) is 1. The third-order valence-electron chi connectivity index (χ3n) is 5.34. The number of amides is 1. The lowest BCUT2D eigenvalue weighted by molar-refractivity contribution is -0.125. The molecule has 3 heterocycles. The number of anilines is 1. The van der Waals surface area contributed by atoms with Crippen molar-refractivity contribution in [1.82, 2.24) is 20.2 Å². The van der Waals surface area contributed by atoms with Crippen molar-refractivity contribution in [2.45, 2.75) is 45.1 Å². The highest BCUT2D eigenvalue weighted by atomic mass is 16.1. The summed E-state index contributed by atoms with van der Waals surface area (Å²) in [5, 5.41) is 3.20. The third kappa shape index (κ3) is 4.23. The molecule has 1 aromatic heterocycles. The maximum atomic E-state index is 12.5. The normalized spacial score (nSPS) is 21.0. The Morgan fingerprint density at radius 2 is 1.88 bits per heavy atom. The molecule has 1 unspecified atom stereocenters. The van der Waals surface area contributed by atoms with Crippen LogP contribution in [0.3, 0.4) is 0 Å². The first-order valence-corrected chi connectivity index (χ1v) is 9.31. The van der Waals surface area contributed by atoms with Gasteiger partial charge in [0, 0.05) is 44.0 Å². The van der Waals surface area contributed by atoms with E-state index in [0.29, 0.717) is 6.04 Å². The van der Waals surface area contributed by atoms with Crippen molar-refractivity contribution in [3.05, 3.63) is 18.5 Å². The van der Waals surface area contributed by atoms with E-state index in [-0.39, 0.29) is 11.8 Å². The standard InChI is InChI=1S/C18H29N5O/c1-2-16(22-10-3-4-11-22)14-21-17(24)15-6-12-23(13-7-15)18-19-8-5-9-20-18/h5,8-9,15-16H,2-4,6-7,10-14H2,1H3,(H,21,24). The van der Waals surface area contributed by atoms with E-state index in [1.54, 1.807) is 12.4 Å². The zero-order valence-corrected chi connectivity index (χ0v) is 14.7. The Bertz CT molecular complexity index is 509. The van der Waals surface area contributed by atoms with E-state index in [4.69, 9.17) is 0 Å². The second-order valence-electron chi connectivity index (χ2n) is 6.86. The summed E-state index contributed by atoms with van der Waals surface area (Å²) < 4.78 is 0. The van der Waals surface area contributed by atoms with Crippen LogP contribution in [0.2, 0.25) is 0 Å². The molecule has 2 fully saturated rings. The van der Waals surface area contributed by atoms with E-state index in [0.717, 1.165) is 44.8 Å². The quantitative estimate of drug-likeness (QED) is 0.859. The van der Waals surface area contributed by atoms with Gasteiger partial charge in [0.15, 0.2) is 0 Å². The largest absolute Gasteiger partial charge is 0.354 e. The van der Waals surface area contributed by atoms with Gasteiger partial charge in [-0.1, -0.05) is 6.92 Å². The van der Waals surface area contributed by atoms with E-state index < -0.39 is 0 Å². The van der Waals surface area contributed by atoms with E-state index in [9.17, 15) is 4.79 Å². The molecule has 0 aliphatic carbocycles. The summed E-state index contributed by atoms with van der Waals surface area (Å²) in [5.74, 6) is 1.12. The summed E-state index contributed by atoms with van der Waals surface area (Å²) in [7, 11) is 0. The van der Waals surface area contributed by atoms with Crippen molar-refractivity contribution in [1.29, 1.82) is 0 Å². The number of piperidine rings is 1. The van der Waals surface area contributed by atoms with Crippen LogP contribution in [0.25, 0.3) is 0 Å². The van der Waals surface area contributed by atoms with Gasteiger partial charge in [-0.2, -0.15) is 0 Å². The molecule has 1 aromatic rings. The lowest BCUT2D eigenvalue weighted by Crippen LogP contribution is -2.46. The molecule has 6 nitrogen and oxygen atoms in total. The number of hydrogen-bond acceptors (Lipinski definition) is 5. The van der Waals surface area contributed by atoms with Crippen LogP contribution < -0.4 is 10.2 Å². The average molecular weight is 331 g/mol. The van der Waals surface area contributed by atoms with Crippen molar-refractivity contribution in [2.75, 3.05) is 37.6 Å². The molecule has 3 rings (SSSR count). The van der Waals surface area contributed by atoms with Crippen LogP contribution in [-0.2, 0) is 4.79 Å². The molecule has 1 N–H and O–H groups in total. The van der Waals surface area contributed by atoms with E-state index >= 15 is 0 Å². The van der Waals surface area contributed by atoms with Crippen LogP contribution in [0.15, 0.2) is 18.5 Å². The van der Waals surface area contributed by atoms with Crippen LogP contribution in [0.4, 0.5) is 5.95 Å². The molecular formula is C18H29N5O. The number of carbonyl (C=O) groups is 1. The van der Waals surface area contributed by atoms with Crippen LogP contribution in [0, 0.1) is 5.92 Å². The summed E-state index contributed by atoms with van der Waals surface area (Å²) in [5.41, 5.74) is 0. The highest BCUT2D eigenvalue weighted by Crippen LogP contribution is 2.20. The molecule has 132 valence electrons. The molecule has 0 radical (unpaired) electrons. The zero-order chi connectivity index (χ0) is 16.8. The van der Waals surface area contributed by atoms with E-state index in [1.807, 2.05) is 6.07 Å². The van der Waals surface area contributed by atoms with Gasteiger partial charge < -0.3 is 10.2 Å². The maximum Gasteiger partial charge on any atom is 0.225 e. The molecule has 0 aromatic carbocycles. The Kier molecular flexibility index (Phi) is 6.01. The van der Waals surface area contributed by atoms with Gasteiger partial charge in [-0.15, -0.1) is 0 Å². The van der Waals surface area contributed by atoms with Crippen LogP contribution >= 0.6 is 0 Å². The minimum Gasteiger partial charge on any atom is -0.354 e. The molecule has 2 saturated heterocycles. The van der Waals surface area contributed by atoms with Crippen molar-refractivity contribution in [2.24, 2.45) is 5.92 Å². The van der Waals surface area contributed by atoms with Crippen LogP contribution in [0.1, 0.15) is 39.0 Å². The van der Waals surface area contributed by atoms with Crippen molar-refractivity contribution < 1.29 is 4.79 Å². The van der Waals surface area contributed by atoms with Gasteiger partial charge in [-0.25, -0.2) is 9.97 Å². The van der Waals surface area contributed by atoms with Gasteiger partial charge >= 0.3 is 0 Å². The van der Waals surface area contributed by atoms with E-state index in [1.165, 1.54) is 25.9 Å². The Morgan fingerprint density at radius 3 is 2.50 bits per heavy atom. The molecule has 1 atom stereocenters. The molecule has 0 spiro atoms. The Balaban J connectivity index is 1.43. The molecule has 0 saturated carbocycles. The predicted molar refractivity (Wildman–Crippen MR) is 94.9 cm³/mol. The third-order valence-corrected chi connectivity index (χ3v) is 5.34. The van der Waals surface area contributed by atoms with E-state index in [2.05, 4.69) is 32.0 Å². The highest BCUT2D eigenvalue weighted by molar-refractivity contribution is 5.79. The lowest BCUT2D eigenvalue weighted by atomic mass is 9.96. The second kappa shape index (κ2) is 8.42. The number of nitrogens with zero attached hydrogens (tertiary/aromatic N) is 4. The van der Waals surface area contributed by atoms with Gasteiger partial charge in [0.2, 0.25) is 11.9 Å². The van der Waals surface area contributed by atoms with Gasteiger partial charge in [-0.05, 0) is 51.3 Å². The SMILES string of the molecule is CCC(CNC(=O)C1CCN(c2ncccn2)CC1)N1CCCC1. The zero-order valence-electron chi connectivity index (χ0n) is 14.7. The Morgan fingerprint density at radius 1 is 1.21 bits per heavy atom. The highest BCUT2D eigenvalue weighted by Gasteiger charge is 2.27. The van der Waals surface area contributed by atoms with Crippen molar-refractivity contribution >= 4 is 11.9 Å². The molecular weight excluding hydrogens is 302 g/mol. The number of likely N-dealkylation sites (tertiary alicyclic amines) is 1. The lowest BCUT2D eigenvalue weighted by Gasteiger charge is -2.32. The fourth-order valence-corrected chi connectivity index (χ4v) is 3.80. The first-order valence-electron chi connectivity index (χ1n) is 9.31. The molecule has 2 aliphatic rings. The minimum absolute atomic E-state index is 0.126. The van der Waals surface area contributed by atoms with Gasteiger partial charge in [0.1, 0.15) is 0 Å². The molecule has 0 bridgehead atoms. The topological polar surface area (TPSA) is 61.4 Å². The van der Waals surface area contributed by atoms with Gasteiger partial charge in [0.05, 0.1) is 0 Å². The first-order chi connectivity index (χ1) is 11.8. The Hall–Kier alpha value is -1.69. The first kappa shape index (κ1) is 17.1. The summed E-state index contributed by atoms with van der Waals surface area (Å²) >= 11 is 0. The molecule has 24 heavy (non-hydrogen) atoms. The molecule has 6 heteroatoms. The predicted octanol–water partition coefficient (Wildman–Crippen LogP) is 1.68. The fourth-order valence-electron chi connectivity index (χ4n) is 3.80. The summed E-state index contributed by atoms with van der Waals surface area (Å²) in [6.07, 6.45) is 8.99. The monoisotopic (exact) mass is 331 g/mol. The average Bonchev–Trinajstić information content (AvgIpc) is 3.17. The number of nitrogens with one attached hydrogen (secondary N) is 1. The number of carbonyl (C=O) groups excluding carboxylic acids is 1. The fraction of sp³-hybridized carbons (Fsp3) is 0.722.